The summed E-state index contributed by atoms with van der Waals surface area (Å²) in [5, 5.41) is 0. The van der Waals surface area contributed by atoms with Gasteiger partial charge in [0.1, 0.15) is 5.75 Å². The quantitative estimate of drug-likeness (QED) is 0.666. The second kappa shape index (κ2) is 8.09. The normalized spacial score (nSPS) is 16.0. The van der Waals surface area contributed by atoms with Crippen LogP contribution in [0.5, 0.6) is 5.75 Å². The SMILES string of the molecule is CCOC(=O)C1=Cc2cc(CC)c(Cc3ccccc3)cc2OC1C(F)(F)F. The molecule has 6 heteroatoms. The molecule has 2 aromatic rings. The molecule has 0 bridgehead atoms. The Kier molecular flexibility index (Phi) is 5.77. The molecule has 3 nitrogen and oxygen atoms in total. The van der Waals surface area contributed by atoms with Gasteiger partial charge in [-0.1, -0.05) is 37.3 Å². The summed E-state index contributed by atoms with van der Waals surface area (Å²) in [7, 11) is 0. The number of halogens is 3. The lowest BCUT2D eigenvalue weighted by Crippen LogP contribution is -2.40. The Morgan fingerprint density at radius 2 is 1.82 bits per heavy atom. The molecule has 1 atom stereocenters. The molecule has 3 rings (SSSR count). The third-order valence-electron chi connectivity index (χ3n) is 4.60. The van der Waals surface area contributed by atoms with Crippen molar-refractivity contribution in [2.45, 2.75) is 39.0 Å². The minimum atomic E-state index is -4.72. The first-order chi connectivity index (χ1) is 13.3. The summed E-state index contributed by atoms with van der Waals surface area (Å²) in [6.07, 6.45) is -4.53. The Morgan fingerprint density at radius 3 is 2.43 bits per heavy atom. The van der Waals surface area contributed by atoms with Gasteiger partial charge in [-0.15, -0.1) is 0 Å². The number of esters is 1. The summed E-state index contributed by atoms with van der Waals surface area (Å²) in [4.78, 5) is 12.1. The summed E-state index contributed by atoms with van der Waals surface area (Å²) in [6, 6.07) is 13.1. The van der Waals surface area contributed by atoms with E-state index in [2.05, 4.69) is 0 Å². The van der Waals surface area contributed by atoms with E-state index >= 15 is 0 Å². The number of hydrogen-bond donors (Lipinski definition) is 0. The van der Waals surface area contributed by atoms with Gasteiger partial charge in [0.2, 0.25) is 6.10 Å². The van der Waals surface area contributed by atoms with Gasteiger partial charge < -0.3 is 9.47 Å². The number of carbonyl (C=O) groups excluding carboxylic acids is 1. The Bertz CT molecular complexity index is 886. The Labute approximate surface area is 161 Å². The van der Waals surface area contributed by atoms with Crippen molar-refractivity contribution in [2.24, 2.45) is 0 Å². The molecular formula is C22H21F3O3. The van der Waals surface area contributed by atoms with Crippen LogP contribution in [-0.2, 0) is 22.4 Å². The number of alkyl halides is 3. The Hall–Kier alpha value is -2.76. The zero-order valence-corrected chi connectivity index (χ0v) is 15.7. The summed E-state index contributed by atoms with van der Waals surface area (Å²) < 4.78 is 50.6. The molecule has 0 fully saturated rings. The molecule has 1 unspecified atom stereocenters. The lowest BCUT2D eigenvalue weighted by Gasteiger charge is -2.28. The molecule has 0 saturated heterocycles. The van der Waals surface area contributed by atoms with Gasteiger partial charge in [-0.3, -0.25) is 0 Å². The van der Waals surface area contributed by atoms with E-state index < -0.39 is 23.8 Å². The predicted octanol–water partition coefficient (Wildman–Crippen LogP) is 5.11. The molecule has 0 spiro atoms. The van der Waals surface area contributed by atoms with Crippen molar-refractivity contribution in [2.75, 3.05) is 6.61 Å². The van der Waals surface area contributed by atoms with E-state index in [9.17, 15) is 18.0 Å². The number of carbonyl (C=O) groups is 1. The van der Waals surface area contributed by atoms with Crippen LogP contribution < -0.4 is 4.74 Å². The summed E-state index contributed by atoms with van der Waals surface area (Å²) in [6.45, 7) is 3.52. The fourth-order valence-electron chi connectivity index (χ4n) is 3.27. The van der Waals surface area contributed by atoms with Crippen LogP contribution in [0.3, 0.4) is 0 Å². The maximum absolute atomic E-state index is 13.5. The summed E-state index contributed by atoms with van der Waals surface area (Å²) in [5.74, 6) is -0.889. The highest BCUT2D eigenvalue weighted by atomic mass is 19.4. The van der Waals surface area contributed by atoms with Crippen LogP contribution in [0, 0.1) is 0 Å². The molecule has 0 N–H and O–H groups in total. The van der Waals surface area contributed by atoms with Gasteiger partial charge in [0.05, 0.1) is 12.2 Å². The molecule has 0 radical (unpaired) electrons. The van der Waals surface area contributed by atoms with Gasteiger partial charge in [0.25, 0.3) is 0 Å². The average molecular weight is 390 g/mol. The molecule has 1 aliphatic heterocycles. The van der Waals surface area contributed by atoms with E-state index in [0.717, 1.165) is 16.7 Å². The number of fused-ring (bicyclic) bond motifs is 1. The monoisotopic (exact) mass is 390 g/mol. The first kappa shape index (κ1) is 20.0. The van der Waals surface area contributed by atoms with Crippen LogP contribution in [0.2, 0.25) is 0 Å². The molecule has 148 valence electrons. The van der Waals surface area contributed by atoms with Gasteiger partial charge in [-0.05, 0) is 54.7 Å². The van der Waals surface area contributed by atoms with Gasteiger partial charge in [0.15, 0.2) is 0 Å². The largest absolute Gasteiger partial charge is 0.475 e. The minimum absolute atomic E-state index is 0.0101. The molecule has 0 saturated carbocycles. The molecule has 0 aliphatic carbocycles. The molecule has 1 heterocycles. The van der Waals surface area contributed by atoms with Crippen LogP contribution in [-0.4, -0.2) is 24.9 Å². The third kappa shape index (κ3) is 4.21. The summed E-state index contributed by atoms with van der Waals surface area (Å²) >= 11 is 0. The number of ether oxygens (including phenoxy) is 2. The maximum Gasteiger partial charge on any atom is 0.430 e. The highest BCUT2D eigenvalue weighted by Crippen LogP contribution is 2.39. The van der Waals surface area contributed by atoms with Crippen molar-refractivity contribution in [1.29, 1.82) is 0 Å². The van der Waals surface area contributed by atoms with Crippen LogP contribution in [0.25, 0.3) is 6.08 Å². The van der Waals surface area contributed by atoms with E-state index in [4.69, 9.17) is 9.47 Å². The first-order valence-electron chi connectivity index (χ1n) is 9.15. The minimum Gasteiger partial charge on any atom is -0.475 e. The second-order valence-electron chi connectivity index (χ2n) is 6.53. The Balaban J connectivity index is 2.04. The molecule has 1 aliphatic rings. The van der Waals surface area contributed by atoms with Crippen molar-refractivity contribution >= 4 is 12.0 Å². The van der Waals surface area contributed by atoms with Crippen molar-refractivity contribution in [3.63, 3.8) is 0 Å². The zero-order chi connectivity index (χ0) is 20.3. The number of aryl methyl sites for hydroxylation is 1. The van der Waals surface area contributed by atoms with Crippen molar-refractivity contribution in [3.8, 4) is 5.75 Å². The predicted molar refractivity (Wildman–Crippen MR) is 100 cm³/mol. The van der Waals surface area contributed by atoms with E-state index in [1.807, 2.05) is 37.3 Å². The van der Waals surface area contributed by atoms with Crippen LogP contribution >= 0.6 is 0 Å². The third-order valence-corrected chi connectivity index (χ3v) is 4.60. The lowest BCUT2D eigenvalue weighted by atomic mass is 9.93. The van der Waals surface area contributed by atoms with E-state index in [0.29, 0.717) is 18.4 Å². The van der Waals surface area contributed by atoms with E-state index in [1.54, 1.807) is 19.1 Å². The standard InChI is InChI=1S/C22H21F3O3/c1-3-15-11-17-12-18(21(26)27-4-2)20(22(23,24)25)28-19(17)13-16(15)10-14-8-6-5-7-9-14/h5-9,11-13,20H,3-4,10H2,1-2H3. The molecule has 0 amide bonds. The number of rotatable bonds is 5. The molecule has 2 aromatic carbocycles. The van der Waals surface area contributed by atoms with Crippen LogP contribution in [0.15, 0.2) is 48.0 Å². The van der Waals surface area contributed by atoms with Gasteiger partial charge in [-0.25, -0.2) is 4.79 Å². The zero-order valence-electron chi connectivity index (χ0n) is 15.7. The number of hydrogen-bond acceptors (Lipinski definition) is 3. The first-order valence-corrected chi connectivity index (χ1v) is 9.15. The fraction of sp³-hybridized carbons (Fsp3) is 0.318. The highest BCUT2D eigenvalue weighted by molar-refractivity contribution is 5.96. The van der Waals surface area contributed by atoms with Crippen molar-refractivity contribution in [3.05, 3.63) is 70.3 Å². The highest BCUT2D eigenvalue weighted by Gasteiger charge is 2.48. The fourth-order valence-corrected chi connectivity index (χ4v) is 3.27. The van der Waals surface area contributed by atoms with Gasteiger partial charge in [0, 0.05) is 5.56 Å². The molecule has 28 heavy (non-hydrogen) atoms. The number of benzene rings is 2. The smallest absolute Gasteiger partial charge is 0.430 e. The molecular weight excluding hydrogens is 369 g/mol. The van der Waals surface area contributed by atoms with Crippen molar-refractivity contribution < 1.29 is 27.4 Å². The van der Waals surface area contributed by atoms with Crippen LogP contribution in [0.4, 0.5) is 13.2 Å². The summed E-state index contributed by atoms with van der Waals surface area (Å²) in [5.41, 5.74) is 2.89. The maximum atomic E-state index is 13.5. The lowest BCUT2D eigenvalue weighted by molar-refractivity contribution is -0.187. The van der Waals surface area contributed by atoms with Crippen molar-refractivity contribution in [1.82, 2.24) is 0 Å². The van der Waals surface area contributed by atoms with Crippen LogP contribution in [0.1, 0.15) is 36.1 Å². The topological polar surface area (TPSA) is 35.5 Å². The van der Waals surface area contributed by atoms with E-state index in [-0.39, 0.29) is 12.4 Å². The molecule has 0 aromatic heterocycles. The van der Waals surface area contributed by atoms with Gasteiger partial charge in [-0.2, -0.15) is 13.2 Å². The second-order valence-corrected chi connectivity index (χ2v) is 6.53. The Morgan fingerprint density at radius 1 is 1.11 bits per heavy atom. The average Bonchev–Trinajstić information content (AvgIpc) is 2.66. The van der Waals surface area contributed by atoms with Gasteiger partial charge >= 0.3 is 12.1 Å². The van der Waals surface area contributed by atoms with E-state index in [1.165, 1.54) is 6.08 Å².